The van der Waals surface area contributed by atoms with Crippen LogP contribution in [0.1, 0.15) is 53.8 Å². The standard InChI is InChI=1S/C23H26ClN3O3/c1-3-15(2)25-22(29)20-8-5-13-27(20)23(30)17-6-4-7-19(14-17)26-21(28)16-9-11-18(24)12-10-16/h4,6-7,9-12,14-15,20H,3,5,8,13H2,1-2H3,(H,25,29)(H,26,28)/t15-,20-/m1/s1. The molecular formula is C23H26ClN3O3. The van der Waals surface area contributed by atoms with Gasteiger partial charge in [-0.1, -0.05) is 24.6 Å². The molecule has 3 amide bonds. The van der Waals surface area contributed by atoms with Gasteiger partial charge < -0.3 is 15.5 Å². The third-order valence-corrected chi connectivity index (χ3v) is 5.54. The summed E-state index contributed by atoms with van der Waals surface area (Å²) in [5.41, 5.74) is 1.42. The van der Waals surface area contributed by atoms with Crippen molar-refractivity contribution in [2.45, 2.75) is 45.2 Å². The number of anilines is 1. The predicted octanol–water partition coefficient (Wildman–Crippen LogP) is 4.11. The molecule has 1 aliphatic rings. The highest BCUT2D eigenvalue weighted by atomic mass is 35.5. The fourth-order valence-electron chi connectivity index (χ4n) is 3.42. The Kier molecular flexibility index (Phi) is 7.11. The molecule has 0 unspecified atom stereocenters. The van der Waals surface area contributed by atoms with Crippen LogP contribution < -0.4 is 10.6 Å². The van der Waals surface area contributed by atoms with E-state index in [0.717, 1.165) is 12.8 Å². The summed E-state index contributed by atoms with van der Waals surface area (Å²) in [4.78, 5) is 39.7. The quantitative estimate of drug-likeness (QED) is 0.728. The Labute approximate surface area is 181 Å². The molecule has 6 nitrogen and oxygen atoms in total. The van der Waals surface area contributed by atoms with Gasteiger partial charge in [-0.15, -0.1) is 0 Å². The first kappa shape index (κ1) is 21.8. The van der Waals surface area contributed by atoms with Crippen molar-refractivity contribution >= 4 is 35.0 Å². The van der Waals surface area contributed by atoms with E-state index in [4.69, 9.17) is 11.6 Å². The van der Waals surface area contributed by atoms with E-state index < -0.39 is 6.04 Å². The van der Waals surface area contributed by atoms with E-state index in [1.165, 1.54) is 0 Å². The number of rotatable bonds is 6. The van der Waals surface area contributed by atoms with Crippen LogP contribution in [0.2, 0.25) is 5.02 Å². The molecule has 1 saturated heterocycles. The van der Waals surface area contributed by atoms with Crippen molar-refractivity contribution in [3.8, 4) is 0 Å². The molecule has 0 aromatic heterocycles. The molecule has 0 spiro atoms. The largest absolute Gasteiger partial charge is 0.352 e. The molecule has 3 rings (SSSR count). The SMILES string of the molecule is CC[C@@H](C)NC(=O)[C@H]1CCCN1C(=O)c1cccc(NC(=O)c2ccc(Cl)cc2)c1. The van der Waals surface area contributed by atoms with E-state index in [0.29, 0.717) is 34.8 Å². The van der Waals surface area contributed by atoms with Gasteiger partial charge in [-0.3, -0.25) is 14.4 Å². The number of carbonyl (C=O) groups excluding carboxylic acids is 3. The number of carbonyl (C=O) groups is 3. The summed E-state index contributed by atoms with van der Waals surface area (Å²) in [7, 11) is 0. The Balaban J connectivity index is 1.71. The third-order valence-electron chi connectivity index (χ3n) is 5.29. The lowest BCUT2D eigenvalue weighted by molar-refractivity contribution is -0.125. The van der Waals surface area contributed by atoms with Crippen LogP contribution in [0.15, 0.2) is 48.5 Å². The van der Waals surface area contributed by atoms with Crippen LogP contribution in [0.3, 0.4) is 0 Å². The van der Waals surface area contributed by atoms with Gasteiger partial charge in [-0.05, 0) is 68.7 Å². The summed E-state index contributed by atoms with van der Waals surface area (Å²) in [5, 5.41) is 6.32. The van der Waals surface area contributed by atoms with Gasteiger partial charge in [0.1, 0.15) is 6.04 Å². The Morgan fingerprint density at radius 3 is 2.57 bits per heavy atom. The van der Waals surface area contributed by atoms with E-state index in [1.54, 1.807) is 53.4 Å². The summed E-state index contributed by atoms with van der Waals surface area (Å²) < 4.78 is 0. The minimum absolute atomic E-state index is 0.0708. The predicted molar refractivity (Wildman–Crippen MR) is 118 cm³/mol. The van der Waals surface area contributed by atoms with Crippen LogP contribution >= 0.6 is 11.6 Å². The van der Waals surface area contributed by atoms with Gasteiger partial charge in [0.2, 0.25) is 5.91 Å². The number of benzene rings is 2. The number of hydrogen-bond donors (Lipinski definition) is 2. The molecule has 1 aliphatic heterocycles. The topological polar surface area (TPSA) is 78.5 Å². The van der Waals surface area contributed by atoms with Crippen molar-refractivity contribution in [1.82, 2.24) is 10.2 Å². The second-order valence-electron chi connectivity index (χ2n) is 7.52. The zero-order chi connectivity index (χ0) is 21.7. The van der Waals surface area contributed by atoms with E-state index in [1.807, 2.05) is 13.8 Å². The fourth-order valence-corrected chi connectivity index (χ4v) is 3.55. The first-order valence-corrected chi connectivity index (χ1v) is 10.5. The fraction of sp³-hybridized carbons (Fsp3) is 0.348. The van der Waals surface area contributed by atoms with Crippen LogP contribution in [-0.2, 0) is 4.79 Å². The number of halogens is 1. The Hall–Kier alpha value is -2.86. The van der Waals surface area contributed by atoms with E-state index in [9.17, 15) is 14.4 Å². The number of likely N-dealkylation sites (tertiary alicyclic amines) is 1. The van der Waals surface area contributed by atoms with Gasteiger partial charge in [0.15, 0.2) is 0 Å². The highest BCUT2D eigenvalue weighted by Gasteiger charge is 2.34. The molecule has 0 radical (unpaired) electrons. The first-order chi connectivity index (χ1) is 14.4. The smallest absolute Gasteiger partial charge is 0.255 e. The molecule has 2 aromatic carbocycles. The maximum absolute atomic E-state index is 13.1. The summed E-state index contributed by atoms with van der Waals surface area (Å²) in [6, 6.07) is 13.0. The highest BCUT2D eigenvalue weighted by molar-refractivity contribution is 6.30. The van der Waals surface area contributed by atoms with Gasteiger partial charge in [0.25, 0.3) is 11.8 Å². The molecule has 0 bridgehead atoms. The number of amides is 3. The molecule has 30 heavy (non-hydrogen) atoms. The van der Waals surface area contributed by atoms with Crippen molar-refractivity contribution < 1.29 is 14.4 Å². The molecule has 7 heteroatoms. The number of nitrogens with zero attached hydrogens (tertiary/aromatic N) is 1. The van der Waals surface area contributed by atoms with Crippen molar-refractivity contribution in [3.63, 3.8) is 0 Å². The molecule has 2 N–H and O–H groups in total. The van der Waals surface area contributed by atoms with Gasteiger partial charge in [0.05, 0.1) is 0 Å². The van der Waals surface area contributed by atoms with Crippen LogP contribution in [0.25, 0.3) is 0 Å². The molecule has 0 saturated carbocycles. The number of nitrogens with one attached hydrogen (secondary N) is 2. The maximum Gasteiger partial charge on any atom is 0.255 e. The van der Waals surface area contributed by atoms with Gasteiger partial charge in [-0.25, -0.2) is 0 Å². The zero-order valence-corrected chi connectivity index (χ0v) is 17.9. The van der Waals surface area contributed by atoms with E-state index in [-0.39, 0.29) is 23.8 Å². The Bertz CT molecular complexity index is 930. The van der Waals surface area contributed by atoms with Crippen LogP contribution in [0.4, 0.5) is 5.69 Å². The molecule has 0 aliphatic carbocycles. The summed E-state index contributed by atoms with van der Waals surface area (Å²) in [6.07, 6.45) is 2.28. The van der Waals surface area contributed by atoms with Crippen LogP contribution in [0, 0.1) is 0 Å². The molecule has 1 heterocycles. The molecule has 2 aromatic rings. The molecular weight excluding hydrogens is 402 g/mol. The zero-order valence-electron chi connectivity index (χ0n) is 17.2. The molecule has 2 atom stereocenters. The average molecular weight is 428 g/mol. The summed E-state index contributed by atoms with van der Waals surface area (Å²) >= 11 is 5.86. The second kappa shape index (κ2) is 9.76. The Morgan fingerprint density at radius 2 is 1.87 bits per heavy atom. The molecule has 1 fully saturated rings. The number of hydrogen-bond acceptors (Lipinski definition) is 3. The lowest BCUT2D eigenvalue weighted by Crippen LogP contribution is -2.48. The van der Waals surface area contributed by atoms with Gasteiger partial charge in [0, 0.05) is 34.4 Å². The second-order valence-corrected chi connectivity index (χ2v) is 7.95. The van der Waals surface area contributed by atoms with Gasteiger partial charge in [-0.2, -0.15) is 0 Å². The average Bonchev–Trinajstić information content (AvgIpc) is 3.23. The monoisotopic (exact) mass is 427 g/mol. The minimum Gasteiger partial charge on any atom is -0.352 e. The normalized spacial score (nSPS) is 16.8. The van der Waals surface area contributed by atoms with Crippen molar-refractivity contribution in [1.29, 1.82) is 0 Å². The first-order valence-electron chi connectivity index (χ1n) is 10.2. The van der Waals surface area contributed by atoms with E-state index >= 15 is 0 Å². The van der Waals surface area contributed by atoms with Crippen molar-refractivity contribution in [2.75, 3.05) is 11.9 Å². The lowest BCUT2D eigenvalue weighted by Gasteiger charge is -2.25. The maximum atomic E-state index is 13.1. The van der Waals surface area contributed by atoms with Crippen LogP contribution in [-0.4, -0.2) is 41.2 Å². The van der Waals surface area contributed by atoms with Crippen molar-refractivity contribution in [3.05, 3.63) is 64.7 Å². The molecule has 158 valence electrons. The van der Waals surface area contributed by atoms with E-state index in [2.05, 4.69) is 10.6 Å². The third kappa shape index (κ3) is 5.19. The lowest BCUT2D eigenvalue weighted by atomic mass is 10.1. The Morgan fingerprint density at radius 1 is 1.13 bits per heavy atom. The van der Waals surface area contributed by atoms with Crippen molar-refractivity contribution in [2.24, 2.45) is 0 Å². The minimum atomic E-state index is -0.459. The highest BCUT2D eigenvalue weighted by Crippen LogP contribution is 2.22. The summed E-state index contributed by atoms with van der Waals surface area (Å²) in [6.45, 7) is 4.50. The van der Waals surface area contributed by atoms with Gasteiger partial charge >= 0.3 is 0 Å². The summed E-state index contributed by atoms with van der Waals surface area (Å²) in [5.74, 6) is -0.606. The van der Waals surface area contributed by atoms with Crippen LogP contribution in [0.5, 0.6) is 0 Å².